The van der Waals surface area contributed by atoms with E-state index in [1.54, 1.807) is 11.3 Å². The molecule has 3 nitrogen and oxygen atoms in total. The van der Waals surface area contributed by atoms with Gasteiger partial charge in [0.1, 0.15) is 0 Å². The molecule has 1 aromatic carbocycles. The summed E-state index contributed by atoms with van der Waals surface area (Å²) in [5.41, 5.74) is 3.63. The molecule has 0 bridgehead atoms. The van der Waals surface area contributed by atoms with Gasteiger partial charge in [0.05, 0.1) is 0 Å². The van der Waals surface area contributed by atoms with Gasteiger partial charge in [-0.25, -0.2) is 0 Å². The van der Waals surface area contributed by atoms with Gasteiger partial charge in [-0.15, -0.1) is 11.3 Å². The Hall–Kier alpha value is -1.65. The monoisotopic (exact) mass is 300 g/mol. The largest absolute Gasteiger partial charge is 0.312 e. The third-order valence-corrected chi connectivity index (χ3v) is 4.93. The van der Waals surface area contributed by atoms with Crippen LogP contribution in [0.2, 0.25) is 0 Å². The molecule has 4 heteroatoms. The number of nitrogens with one attached hydrogen (secondary N) is 1. The number of hydrogen-bond donors (Lipinski definition) is 1. The minimum atomic E-state index is 0.244. The molecule has 1 N–H and O–H groups in total. The fourth-order valence-corrected chi connectivity index (χ4v) is 3.50. The van der Waals surface area contributed by atoms with Crippen LogP contribution in [0.3, 0.4) is 0 Å². The summed E-state index contributed by atoms with van der Waals surface area (Å²) in [7, 11) is 0. The van der Waals surface area contributed by atoms with Crippen LogP contribution in [0.5, 0.6) is 0 Å². The lowest BCUT2D eigenvalue weighted by Gasteiger charge is -2.16. The van der Waals surface area contributed by atoms with Crippen LogP contribution in [-0.4, -0.2) is 12.5 Å². The fourth-order valence-electron chi connectivity index (χ4n) is 2.62. The Morgan fingerprint density at radius 1 is 1.19 bits per heavy atom. The Bertz CT molecular complexity index is 618. The summed E-state index contributed by atoms with van der Waals surface area (Å²) in [5.74, 6) is 0.244. The molecule has 0 atom stereocenters. The maximum atomic E-state index is 11.7. The molecule has 2 heterocycles. The zero-order chi connectivity index (χ0) is 14.7. The van der Waals surface area contributed by atoms with Crippen LogP contribution in [-0.2, 0) is 17.9 Å². The zero-order valence-electron chi connectivity index (χ0n) is 12.3. The van der Waals surface area contributed by atoms with Crippen LogP contribution in [0.25, 0.3) is 0 Å². The van der Waals surface area contributed by atoms with E-state index in [2.05, 4.69) is 48.0 Å². The molecule has 0 saturated carbocycles. The maximum absolute atomic E-state index is 11.7. The summed E-state index contributed by atoms with van der Waals surface area (Å²) in [6.45, 7) is 4.77. The van der Waals surface area contributed by atoms with Crippen LogP contribution in [0.1, 0.15) is 28.8 Å². The molecule has 1 aromatic heterocycles. The number of hydrogen-bond acceptors (Lipinski definition) is 3. The Balaban J connectivity index is 1.55. The van der Waals surface area contributed by atoms with Gasteiger partial charge < -0.3 is 10.2 Å². The second-order valence-corrected chi connectivity index (χ2v) is 6.45. The van der Waals surface area contributed by atoms with Gasteiger partial charge in [-0.2, -0.15) is 0 Å². The SMILES string of the molecule is Cc1ccsc1CNCc1ccc(N2CCCC2=O)cc1. The van der Waals surface area contributed by atoms with Gasteiger partial charge in [0.25, 0.3) is 0 Å². The predicted octanol–water partition coefficient (Wildman–Crippen LogP) is 3.47. The van der Waals surface area contributed by atoms with E-state index in [9.17, 15) is 4.79 Å². The lowest BCUT2D eigenvalue weighted by Crippen LogP contribution is -2.23. The number of carbonyl (C=O) groups is 1. The number of anilines is 1. The van der Waals surface area contributed by atoms with Crippen LogP contribution in [0.4, 0.5) is 5.69 Å². The van der Waals surface area contributed by atoms with Gasteiger partial charge in [0.2, 0.25) is 5.91 Å². The standard InChI is InChI=1S/C17H20N2OS/c1-13-8-10-21-16(13)12-18-11-14-4-6-15(7-5-14)19-9-2-3-17(19)20/h4-8,10,18H,2-3,9,11-12H2,1H3. The molecular weight excluding hydrogens is 280 g/mol. The van der Waals surface area contributed by atoms with Crippen molar-refractivity contribution >= 4 is 22.9 Å². The van der Waals surface area contributed by atoms with Gasteiger partial charge in [0.15, 0.2) is 0 Å². The molecule has 0 unspecified atom stereocenters. The van der Waals surface area contributed by atoms with E-state index in [1.807, 2.05) is 4.90 Å². The zero-order valence-corrected chi connectivity index (χ0v) is 13.1. The van der Waals surface area contributed by atoms with Crippen LogP contribution in [0.15, 0.2) is 35.7 Å². The molecule has 1 saturated heterocycles. The number of amides is 1. The van der Waals surface area contributed by atoms with E-state index in [-0.39, 0.29) is 5.91 Å². The third kappa shape index (κ3) is 3.34. The average Bonchev–Trinajstić information content (AvgIpc) is 3.09. The molecule has 1 fully saturated rings. The normalized spacial score (nSPS) is 14.9. The number of benzene rings is 1. The second-order valence-electron chi connectivity index (χ2n) is 5.45. The van der Waals surface area contributed by atoms with Crippen LogP contribution < -0.4 is 10.2 Å². The lowest BCUT2D eigenvalue weighted by molar-refractivity contribution is -0.117. The highest BCUT2D eigenvalue weighted by Gasteiger charge is 2.21. The highest BCUT2D eigenvalue weighted by molar-refractivity contribution is 7.10. The number of nitrogens with zero attached hydrogens (tertiary/aromatic N) is 1. The van der Waals surface area contributed by atoms with Crippen molar-refractivity contribution in [3.8, 4) is 0 Å². The highest BCUT2D eigenvalue weighted by Crippen LogP contribution is 2.21. The summed E-state index contributed by atoms with van der Waals surface area (Å²) < 4.78 is 0. The summed E-state index contributed by atoms with van der Waals surface area (Å²) >= 11 is 1.80. The van der Waals surface area contributed by atoms with Crippen LogP contribution >= 0.6 is 11.3 Å². The summed E-state index contributed by atoms with van der Waals surface area (Å²) in [4.78, 5) is 15.0. The molecule has 0 radical (unpaired) electrons. The van der Waals surface area contributed by atoms with Crippen molar-refractivity contribution in [3.05, 3.63) is 51.7 Å². The van der Waals surface area contributed by atoms with Crippen molar-refractivity contribution < 1.29 is 4.79 Å². The molecule has 0 aliphatic carbocycles. The van der Waals surface area contributed by atoms with E-state index in [1.165, 1.54) is 16.0 Å². The fraction of sp³-hybridized carbons (Fsp3) is 0.353. The Kier molecular flexibility index (Phi) is 4.36. The first-order valence-corrected chi connectivity index (χ1v) is 8.25. The number of rotatable bonds is 5. The first-order valence-electron chi connectivity index (χ1n) is 7.37. The molecule has 2 aromatic rings. The van der Waals surface area contributed by atoms with Gasteiger partial charge in [-0.1, -0.05) is 12.1 Å². The molecule has 21 heavy (non-hydrogen) atoms. The molecule has 110 valence electrons. The van der Waals surface area contributed by atoms with Gasteiger partial charge >= 0.3 is 0 Å². The molecular formula is C17H20N2OS. The van der Waals surface area contributed by atoms with Crippen molar-refractivity contribution in [1.82, 2.24) is 5.32 Å². The first-order chi connectivity index (χ1) is 10.2. The Morgan fingerprint density at radius 2 is 2.00 bits per heavy atom. The Labute approximate surface area is 129 Å². The maximum Gasteiger partial charge on any atom is 0.227 e. The average molecular weight is 300 g/mol. The van der Waals surface area contributed by atoms with Gasteiger partial charge in [0, 0.05) is 36.6 Å². The number of carbonyl (C=O) groups excluding carboxylic acids is 1. The smallest absolute Gasteiger partial charge is 0.227 e. The number of aryl methyl sites for hydroxylation is 1. The molecule has 1 aliphatic rings. The number of thiophene rings is 1. The predicted molar refractivity (Wildman–Crippen MR) is 87.6 cm³/mol. The quantitative estimate of drug-likeness (QED) is 0.917. The molecule has 1 amide bonds. The first kappa shape index (κ1) is 14.3. The van der Waals surface area contributed by atoms with E-state index < -0.39 is 0 Å². The minimum Gasteiger partial charge on any atom is -0.312 e. The second kappa shape index (κ2) is 6.41. The summed E-state index contributed by atoms with van der Waals surface area (Å²) in [5, 5.41) is 5.61. The lowest BCUT2D eigenvalue weighted by atomic mass is 10.2. The van der Waals surface area contributed by atoms with Crippen molar-refractivity contribution in [1.29, 1.82) is 0 Å². The topological polar surface area (TPSA) is 32.3 Å². The minimum absolute atomic E-state index is 0.244. The molecule has 3 rings (SSSR count). The molecule has 1 aliphatic heterocycles. The third-order valence-electron chi connectivity index (χ3n) is 3.90. The van der Waals surface area contributed by atoms with E-state index in [4.69, 9.17) is 0 Å². The molecule has 0 spiro atoms. The van der Waals surface area contributed by atoms with Crippen molar-refractivity contribution in [3.63, 3.8) is 0 Å². The van der Waals surface area contributed by atoms with Crippen molar-refractivity contribution in [2.75, 3.05) is 11.4 Å². The van der Waals surface area contributed by atoms with Gasteiger partial charge in [-0.05, 0) is 48.1 Å². The summed E-state index contributed by atoms with van der Waals surface area (Å²) in [6, 6.07) is 10.5. The van der Waals surface area contributed by atoms with E-state index >= 15 is 0 Å². The van der Waals surface area contributed by atoms with E-state index in [0.29, 0.717) is 6.42 Å². The Morgan fingerprint density at radius 3 is 2.62 bits per heavy atom. The van der Waals surface area contributed by atoms with E-state index in [0.717, 1.165) is 31.7 Å². The summed E-state index contributed by atoms with van der Waals surface area (Å²) in [6.07, 6.45) is 1.66. The highest BCUT2D eigenvalue weighted by atomic mass is 32.1. The van der Waals surface area contributed by atoms with Crippen molar-refractivity contribution in [2.24, 2.45) is 0 Å². The van der Waals surface area contributed by atoms with Crippen LogP contribution in [0, 0.1) is 6.92 Å². The van der Waals surface area contributed by atoms with Crippen molar-refractivity contribution in [2.45, 2.75) is 32.9 Å². The van der Waals surface area contributed by atoms with Gasteiger partial charge in [-0.3, -0.25) is 4.79 Å².